The SMILES string of the molecule is COc1cc2cc(c1Cl)N(C)C(=O)C[C@H](OC(=O)[C@H](C)N(C)C(=O)CCSSCCNC(=O)CC[C@H](NC(=O)[C@@H]1CSSC[C@H](NC(=O)[C@H](N)Cc3ccccc3)C(=O)N[C@@H](Cc3ccc(O)cc3)C(=O)N[C@H](Cc3c[nH]c4ccccc34)C(=O)N[C@@H](CCCCN)C(=O)N[C@@H]([C@@H](C)O)C(=O)N1)C(N)=O)[C@]1(C)O[C@H]1[C@H](C)[C@@H]1C[C@@](O)(NC(=O)O1)[C@H](OC)/C=C/C=C(\C)C2. The van der Waals surface area contributed by atoms with Crippen LogP contribution in [0, 0.1) is 5.92 Å². The number of para-hydroxylation sites is 1. The van der Waals surface area contributed by atoms with E-state index in [9.17, 15) is 72.9 Å². The molecule has 5 aromatic rings. The lowest BCUT2D eigenvalue weighted by atomic mass is 9.83. The van der Waals surface area contributed by atoms with Crippen LogP contribution in [-0.2, 0) is 102 Å². The van der Waals surface area contributed by atoms with Crippen LogP contribution in [0.2, 0.25) is 5.02 Å². The molecule has 4 aromatic carbocycles. The number of halogens is 1. The Morgan fingerprint density at radius 3 is 2.20 bits per heavy atom. The van der Waals surface area contributed by atoms with Gasteiger partial charge in [-0.3, -0.25) is 58.1 Å². The number of alkyl carbamates (subject to hydrolysis) is 1. The molecular weight excluding hydrogens is 1750 g/mol. The summed E-state index contributed by atoms with van der Waals surface area (Å²) in [5, 5.41) is 58.2. The number of fused-ring (bicyclic) bond motifs is 6. The third-order valence-corrected chi connectivity index (χ3v) is 27.9. The molecule has 0 spiro atoms. The molecule has 36 nitrogen and oxygen atoms in total. The number of ether oxygens (including phenoxy) is 5. The number of hydrogen-bond acceptors (Lipinski definition) is 27. The number of H-pyrrole nitrogens is 1. The Balaban J connectivity index is 0.838. The van der Waals surface area contributed by atoms with Crippen molar-refractivity contribution in [3.05, 3.63) is 148 Å². The van der Waals surface area contributed by atoms with Gasteiger partial charge in [-0.2, -0.15) is 0 Å². The average Bonchev–Trinajstić information content (AvgIpc) is 1.57. The van der Waals surface area contributed by atoms with Crippen molar-refractivity contribution < 1.29 is 101 Å². The molecule has 3 saturated heterocycles. The largest absolute Gasteiger partial charge is 0.508 e. The number of esters is 1. The number of epoxide rings is 1. The monoisotopic (exact) mass is 1870 g/mol. The summed E-state index contributed by atoms with van der Waals surface area (Å²) in [5.74, 6) is -10.5. The summed E-state index contributed by atoms with van der Waals surface area (Å²) in [6.07, 6.45) is -0.599. The van der Waals surface area contributed by atoms with E-state index in [-0.39, 0.29) is 98.9 Å². The first-order chi connectivity index (χ1) is 60.9. The van der Waals surface area contributed by atoms with E-state index in [4.69, 9.17) is 52.5 Å². The summed E-state index contributed by atoms with van der Waals surface area (Å²) in [7, 11) is 10.3. The molecule has 0 saturated carbocycles. The molecule has 0 radical (unpaired) electrons. The number of carbonyl (C=O) groups is 13. The summed E-state index contributed by atoms with van der Waals surface area (Å²) in [6.45, 7) is 8.24. The van der Waals surface area contributed by atoms with Crippen LogP contribution in [0.3, 0.4) is 0 Å². The lowest BCUT2D eigenvalue weighted by Crippen LogP contribution is -2.63. The van der Waals surface area contributed by atoms with Crippen molar-refractivity contribution in [2.75, 3.05) is 69.3 Å². The number of benzene rings is 4. The van der Waals surface area contributed by atoms with Gasteiger partial charge < -0.3 is 114 Å². The molecule has 4 aliphatic rings. The number of aliphatic hydroxyl groups is 2. The Labute approximate surface area is 762 Å². The summed E-state index contributed by atoms with van der Waals surface area (Å²) in [5.41, 5.74) is 19.2. The van der Waals surface area contributed by atoms with Crippen LogP contribution < -0.4 is 74.7 Å². The van der Waals surface area contributed by atoms with Crippen LogP contribution in [-0.4, -0.2) is 263 Å². The van der Waals surface area contributed by atoms with Crippen molar-refractivity contribution in [2.24, 2.45) is 23.1 Å². The predicted octanol–water partition coefficient (Wildman–Crippen LogP) is 3.21. The van der Waals surface area contributed by atoms with Gasteiger partial charge in [0.05, 0.1) is 37.5 Å². The number of aromatic amines is 1. The minimum Gasteiger partial charge on any atom is -0.508 e. The Kier molecular flexibility index (Phi) is 38.1. The number of nitrogens with zero attached hydrogens (tertiary/aromatic N) is 2. The number of aromatic hydroxyl groups is 1. The van der Waals surface area contributed by atoms with E-state index < -0.39 is 186 Å². The number of likely N-dealkylation sites (N-methyl/N-ethyl adjacent to an activating group) is 1. The summed E-state index contributed by atoms with van der Waals surface area (Å²) < 4.78 is 29.6. The number of nitrogens with one attached hydrogen (secondary N) is 10. The lowest BCUT2D eigenvalue weighted by molar-refractivity contribution is -0.162. The molecule has 4 bridgehead atoms. The topological polar surface area (TPSA) is 541 Å². The van der Waals surface area contributed by atoms with Gasteiger partial charge in [0.25, 0.3) is 0 Å². The maximum atomic E-state index is 15.0. The highest BCUT2D eigenvalue weighted by atomic mass is 35.5. The zero-order valence-electron chi connectivity index (χ0n) is 72.7. The number of aliphatic hydroxyl groups excluding tert-OH is 1. The summed E-state index contributed by atoms with van der Waals surface area (Å²) in [4.78, 5) is 191. The zero-order chi connectivity index (χ0) is 93.3. The van der Waals surface area contributed by atoms with Crippen molar-refractivity contribution >= 4 is 148 Å². The number of methoxy groups -OCH3 is 2. The molecule has 128 heavy (non-hydrogen) atoms. The number of phenolic OH excluding ortho intramolecular Hbond substituents is 1. The smallest absolute Gasteiger partial charge is 0.409 e. The number of rotatable bonds is 31. The first-order valence-corrected chi connectivity index (χ1v) is 47.3. The Hall–Kier alpha value is -10.1. The Morgan fingerprint density at radius 2 is 1.50 bits per heavy atom. The zero-order valence-corrected chi connectivity index (χ0v) is 76.7. The number of amides is 12. The van der Waals surface area contributed by atoms with Gasteiger partial charge in [-0.25, -0.2) is 9.59 Å². The first-order valence-electron chi connectivity index (χ1n) is 42.0. The first kappa shape index (κ1) is 102. The van der Waals surface area contributed by atoms with E-state index in [0.29, 0.717) is 57.6 Å². The molecular formula is C87H116ClN15O21S4. The van der Waals surface area contributed by atoms with Crippen molar-refractivity contribution in [3.63, 3.8) is 0 Å². The van der Waals surface area contributed by atoms with E-state index in [1.165, 1.54) is 97.8 Å². The molecule has 696 valence electrons. The highest BCUT2D eigenvalue weighted by Crippen LogP contribution is 2.49. The predicted molar refractivity (Wildman–Crippen MR) is 487 cm³/mol. The molecule has 17 atom stereocenters. The summed E-state index contributed by atoms with van der Waals surface area (Å²) in [6, 6.07) is 12.0. The van der Waals surface area contributed by atoms with Crippen LogP contribution in [0.1, 0.15) is 108 Å². The van der Waals surface area contributed by atoms with E-state index in [1.807, 2.05) is 19.1 Å². The van der Waals surface area contributed by atoms with Gasteiger partial charge in [0.15, 0.2) is 5.72 Å². The van der Waals surface area contributed by atoms with Gasteiger partial charge in [-0.05, 0) is 125 Å². The van der Waals surface area contributed by atoms with Gasteiger partial charge in [-0.1, -0.05) is 146 Å². The second-order valence-corrected chi connectivity index (χ2v) is 37.9. The van der Waals surface area contributed by atoms with Crippen LogP contribution in [0.25, 0.3) is 10.9 Å². The Bertz CT molecular complexity index is 4830. The maximum absolute atomic E-state index is 15.0. The molecule has 0 unspecified atom stereocenters. The number of allylic oxidation sites excluding steroid dienone is 3. The van der Waals surface area contributed by atoms with Gasteiger partial charge in [0.2, 0.25) is 65.0 Å². The Morgan fingerprint density at radius 1 is 0.828 bits per heavy atom. The van der Waals surface area contributed by atoms with Crippen molar-refractivity contribution in [1.82, 2.24) is 57.7 Å². The number of primary amides is 1. The van der Waals surface area contributed by atoms with Crippen LogP contribution in [0.4, 0.5) is 10.5 Å². The highest BCUT2D eigenvalue weighted by molar-refractivity contribution is 8.77. The number of carbonyl (C=O) groups excluding carboxylic acids is 13. The number of unbranched alkanes of at least 4 members (excludes halogenated alkanes) is 1. The fourth-order valence-electron chi connectivity index (χ4n) is 14.9. The number of phenols is 1. The molecule has 9 rings (SSSR count). The van der Waals surface area contributed by atoms with Crippen molar-refractivity contribution in [1.29, 1.82) is 0 Å². The van der Waals surface area contributed by atoms with E-state index in [0.717, 1.165) is 32.7 Å². The third kappa shape index (κ3) is 28.4. The van der Waals surface area contributed by atoms with Gasteiger partial charge in [0.1, 0.15) is 88.8 Å². The fourth-order valence-corrected chi connectivity index (χ4v) is 19.5. The van der Waals surface area contributed by atoms with Crippen molar-refractivity contribution in [2.45, 2.75) is 208 Å². The van der Waals surface area contributed by atoms with E-state index >= 15 is 4.79 Å². The minimum atomic E-state index is -1.93. The number of nitrogens with two attached hydrogens (primary N) is 3. The van der Waals surface area contributed by atoms with Crippen molar-refractivity contribution in [3.8, 4) is 11.5 Å². The third-order valence-electron chi connectivity index (χ3n) is 22.7. The van der Waals surface area contributed by atoms with Gasteiger partial charge in [-0.15, -0.1) is 0 Å². The number of hydrogen-bond donors (Lipinski definition) is 16. The van der Waals surface area contributed by atoms with Crippen LogP contribution in [0.5, 0.6) is 11.5 Å². The summed E-state index contributed by atoms with van der Waals surface area (Å²) >= 11 is 6.87. The molecule has 41 heteroatoms. The van der Waals surface area contributed by atoms with Gasteiger partial charge >= 0.3 is 12.1 Å². The van der Waals surface area contributed by atoms with E-state index in [1.54, 1.807) is 92.9 Å². The standard InChI is InChI=1S/C87H116ClN15O21S4/c1-47-18-17-24-68(121-9)87(119)43-67(122-85(118)101-87)48(2)75-86(5,124-75)69(42-72(108)103(7)65-39-53(36-47)40-66(120-8)73(65)88)123-84(117)49(3)102(6)71(107)31-34-125-126-35-33-92-70(106)30-29-59(76(91)109)94-81(114)64-46-128-127-45-63(98-77(110)57(90)37-51-19-11-10-12-20-51)82(115)96-61(38-52-25-27-55(105)28-26-52)79(112)97-62(41-54-44-93-58-22-14-13-21-56(54)58)80(113)95-60(23-15-16-32-89)78(111)100-74(50(4)104)83(116)99-64/h10-14,17-22,24-28,39-40,44,48-50,57,59-64,67-69,74-75,93,104-105,119H,15-16,23,29-38,41-43,45-46,89-90H2,1-9H3,(H2,91,109)(H,92,106)(H,94,114)(H,95,113)(H,96,115)(H,97,112)(H,98,110)(H,99,116)(H,100,111)(H,101,118)/b24-17+,47-18+/t48-,49+,50-,57-,59+,60+,61+,62-,63+,64+,67+,68-,69+,74+,75+,86+,87+/m1/s1. The number of anilines is 1. The molecule has 4 aliphatic heterocycles. The highest BCUT2D eigenvalue weighted by Gasteiger charge is 2.65. The quantitative estimate of drug-likeness (QED) is 0.0131. The lowest BCUT2D eigenvalue weighted by Gasteiger charge is -2.42. The molecule has 1 aromatic heterocycles. The average molecular weight is 1870 g/mol. The normalized spacial score (nSPS) is 25.7. The number of aromatic nitrogens is 1. The maximum Gasteiger partial charge on any atom is 0.409 e. The van der Waals surface area contributed by atoms with Crippen LogP contribution >= 0.6 is 54.8 Å². The molecule has 19 N–H and O–H groups in total. The molecule has 3 fully saturated rings. The van der Waals surface area contributed by atoms with Crippen LogP contribution in [0.15, 0.2) is 121 Å². The molecule has 5 heterocycles. The van der Waals surface area contributed by atoms with Gasteiger partial charge in [0, 0.05) is 106 Å². The minimum absolute atomic E-state index is 0.0470. The fraction of sp³-hybridized carbons (Fsp3) is 0.506. The molecule has 0 aliphatic carbocycles. The molecule has 12 amide bonds. The van der Waals surface area contributed by atoms with E-state index in [2.05, 4.69) is 52.8 Å². The second kappa shape index (κ2) is 48.0. The second-order valence-electron chi connectivity index (χ2n) is 32.3.